The lowest BCUT2D eigenvalue weighted by Crippen LogP contribution is -2.50. The van der Waals surface area contributed by atoms with Crippen LogP contribution in [0, 0.1) is 13.8 Å². The van der Waals surface area contributed by atoms with Gasteiger partial charge in [-0.05, 0) is 38.0 Å². The molecule has 0 fully saturated rings. The lowest BCUT2D eigenvalue weighted by atomic mass is 10.1. The number of nitrogens with zero attached hydrogens (tertiary/aromatic N) is 2. The molecule has 2 aromatic carbocycles. The highest BCUT2D eigenvalue weighted by Gasteiger charge is 2.30. The molecule has 0 aliphatic carbocycles. The van der Waals surface area contributed by atoms with E-state index in [0.717, 1.165) is 27.3 Å². The van der Waals surface area contributed by atoms with Gasteiger partial charge < -0.3 is 10.2 Å². The number of hydrogen-bond donors (Lipinski definition) is 1. The lowest BCUT2D eigenvalue weighted by molar-refractivity contribution is -0.139. The number of likely N-dealkylation sites (N-methyl/N-ethyl adjacent to an activating group) is 1. The smallest absolute Gasteiger partial charge is 0.244 e. The van der Waals surface area contributed by atoms with Crippen molar-refractivity contribution in [1.29, 1.82) is 0 Å². The normalized spacial score (nSPS) is 12.2. The first-order valence-corrected chi connectivity index (χ1v) is 11.5. The molecule has 0 spiro atoms. The summed E-state index contributed by atoms with van der Waals surface area (Å²) in [5.41, 5.74) is 3.11. The molecular formula is C22H29N3O4S. The zero-order chi connectivity index (χ0) is 22.5. The Morgan fingerprint density at radius 2 is 1.63 bits per heavy atom. The van der Waals surface area contributed by atoms with Gasteiger partial charge in [-0.25, -0.2) is 8.42 Å². The molecule has 0 bridgehead atoms. The van der Waals surface area contributed by atoms with Crippen LogP contribution in [0.1, 0.15) is 23.6 Å². The predicted molar refractivity (Wildman–Crippen MR) is 119 cm³/mol. The molecule has 7 nitrogen and oxygen atoms in total. The summed E-state index contributed by atoms with van der Waals surface area (Å²) < 4.78 is 26.0. The van der Waals surface area contributed by atoms with Gasteiger partial charge in [-0.3, -0.25) is 13.9 Å². The molecule has 0 aliphatic rings. The number of hydrogen-bond acceptors (Lipinski definition) is 4. The second-order valence-electron chi connectivity index (χ2n) is 7.35. The first kappa shape index (κ1) is 23.4. The molecule has 2 aromatic rings. The van der Waals surface area contributed by atoms with E-state index in [9.17, 15) is 18.0 Å². The highest BCUT2D eigenvalue weighted by atomic mass is 32.2. The number of anilines is 1. The van der Waals surface area contributed by atoms with Crippen LogP contribution in [-0.4, -0.2) is 51.0 Å². The van der Waals surface area contributed by atoms with E-state index >= 15 is 0 Å². The molecule has 2 rings (SSSR count). The maximum Gasteiger partial charge on any atom is 0.244 e. The molecule has 8 heteroatoms. The van der Waals surface area contributed by atoms with E-state index in [-0.39, 0.29) is 12.5 Å². The molecule has 0 aliphatic heterocycles. The van der Waals surface area contributed by atoms with Crippen molar-refractivity contribution in [3.63, 3.8) is 0 Å². The molecule has 0 unspecified atom stereocenters. The van der Waals surface area contributed by atoms with Crippen LogP contribution in [-0.2, 0) is 26.2 Å². The summed E-state index contributed by atoms with van der Waals surface area (Å²) in [6.45, 7) is 5.18. The van der Waals surface area contributed by atoms with Crippen molar-refractivity contribution in [2.45, 2.75) is 33.4 Å². The van der Waals surface area contributed by atoms with Gasteiger partial charge in [0.1, 0.15) is 12.6 Å². The third-order valence-corrected chi connectivity index (χ3v) is 6.08. The van der Waals surface area contributed by atoms with Crippen LogP contribution >= 0.6 is 0 Å². The van der Waals surface area contributed by atoms with Crippen LogP contribution < -0.4 is 9.62 Å². The van der Waals surface area contributed by atoms with Gasteiger partial charge in [0.2, 0.25) is 21.8 Å². The van der Waals surface area contributed by atoms with Crippen LogP contribution in [0.2, 0.25) is 0 Å². The minimum atomic E-state index is -3.71. The summed E-state index contributed by atoms with van der Waals surface area (Å²) in [6, 6.07) is 13.9. The number of carbonyl (C=O) groups excluding carboxylic acids is 2. The average Bonchev–Trinajstić information content (AvgIpc) is 2.70. The van der Waals surface area contributed by atoms with E-state index in [1.807, 2.05) is 31.2 Å². The van der Waals surface area contributed by atoms with Crippen molar-refractivity contribution in [2.75, 3.05) is 24.2 Å². The van der Waals surface area contributed by atoms with E-state index in [0.29, 0.717) is 5.69 Å². The van der Waals surface area contributed by atoms with Gasteiger partial charge >= 0.3 is 0 Å². The van der Waals surface area contributed by atoms with Crippen LogP contribution in [0.3, 0.4) is 0 Å². The Balaban J connectivity index is 2.38. The number of carbonyl (C=O) groups is 2. The van der Waals surface area contributed by atoms with Crippen LogP contribution in [0.15, 0.2) is 48.5 Å². The first-order chi connectivity index (χ1) is 14.0. The van der Waals surface area contributed by atoms with Gasteiger partial charge in [-0.2, -0.15) is 0 Å². The summed E-state index contributed by atoms with van der Waals surface area (Å²) in [7, 11) is -2.21. The monoisotopic (exact) mass is 431 g/mol. The average molecular weight is 432 g/mol. The largest absolute Gasteiger partial charge is 0.357 e. The minimum absolute atomic E-state index is 0.194. The van der Waals surface area contributed by atoms with E-state index in [4.69, 9.17) is 0 Å². The van der Waals surface area contributed by atoms with E-state index in [2.05, 4.69) is 5.32 Å². The standard InChI is InChI=1S/C22H29N3O4S/c1-16-10-12-19(13-11-16)14-24(18(3)22(27)23-4)21(26)15-25(30(5,28)29)20-9-7-6-8-17(20)2/h6-13,18H,14-15H2,1-5H3,(H,23,27)/t18-/m0/s1. The first-order valence-electron chi connectivity index (χ1n) is 9.64. The summed E-state index contributed by atoms with van der Waals surface area (Å²) in [6.07, 6.45) is 1.07. The SMILES string of the molecule is CNC(=O)[C@H](C)N(Cc1ccc(C)cc1)C(=O)CN(c1ccccc1C)S(C)(=O)=O. The minimum Gasteiger partial charge on any atom is -0.357 e. The zero-order valence-electron chi connectivity index (χ0n) is 18.0. The second-order valence-corrected chi connectivity index (χ2v) is 9.26. The van der Waals surface area contributed by atoms with Crippen molar-refractivity contribution in [2.24, 2.45) is 0 Å². The summed E-state index contributed by atoms with van der Waals surface area (Å²) >= 11 is 0. The van der Waals surface area contributed by atoms with Gasteiger partial charge in [0.25, 0.3) is 0 Å². The Morgan fingerprint density at radius 3 is 2.17 bits per heavy atom. The molecule has 0 saturated heterocycles. The number of benzene rings is 2. The number of rotatable bonds is 8. The number of amides is 2. The van der Waals surface area contributed by atoms with Crippen molar-refractivity contribution in [3.8, 4) is 0 Å². The Labute approximate surface area is 178 Å². The number of para-hydroxylation sites is 1. The molecule has 2 amide bonds. The van der Waals surface area contributed by atoms with E-state index in [1.165, 1.54) is 11.9 Å². The fraction of sp³-hybridized carbons (Fsp3) is 0.364. The highest BCUT2D eigenvalue weighted by molar-refractivity contribution is 7.92. The molecule has 162 valence electrons. The van der Waals surface area contributed by atoms with Gasteiger partial charge in [0, 0.05) is 13.6 Å². The molecule has 0 aromatic heterocycles. The van der Waals surface area contributed by atoms with Gasteiger partial charge in [-0.15, -0.1) is 0 Å². The summed E-state index contributed by atoms with van der Waals surface area (Å²) in [4.78, 5) is 26.9. The maximum atomic E-state index is 13.3. The molecule has 30 heavy (non-hydrogen) atoms. The maximum absolute atomic E-state index is 13.3. The third-order valence-electron chi connectivity index (χ3n) is 4.95. The number of nitrogens with one attached hydrogen (secondary N) is 1. The summed E-state index contributed by atoms with van der Waals surface area (Å²) in [5, 5.41) is 2.55. The van der Waals surface area contributed by atoms with E-state index < -0.39 is 28.5 Å². The van der Waals surface area contributed by atoms with E-state index in [1.54, 1.807) is 38.1 Å². The Kier molecular flexibility index (Phi) is 7.61. The molecule has 0 heterocycles. The topological polar surface area (TPSA) is 86.8 Å². The van der Waals surface area contributed by atoms with Gasteiger partial charge in [-0.1, -0.05) is 48.0 Å². The third kappa shape index (κ3) is 5.82. The molecule has 1 atom stereocenters. The fourth-order valence-corrected chi connectivity index (χ4v) is 4.03. The van der Waals surface area contributed by atoms with Crippen molar-refractivity contribution in [3.05, 3.63) is 65.2 Å². The summed E-state index contributed by atoms with van der Waals surface area (Å²) in [5.74, 6) is -0.780. The molecular weight excluding hydrogens is 402 g/mol. The lowest BCUT2D eigenvalue weighted by Gasteiger charge is -2.31. The van der Waals surface area contributed by atoms with Crippen molar-refractivity contribution < 1.29 is 18.0 Å². The molecule has 0 radical (unpaired) electrons. The predicted octanol–water partition coefficient (Wildman–Crippen LogP) is 2.23. The van der Waals surface area contributed by atoms with Crippen LogP contribution in [0.4, 0.5) is 5.69 Å². The second kappa shape index (κ2) is 9.75. The van der Waals surface area contributed by atoms with Gasteiger partial charge in [0.05, 0.1) is 11.9 Å². The van der Waals surface area contributed by atoms with Gasteiger partial charge in [0.15, 0.2) is 0 Å². The van der Waals surface area contributed by atoms with Crippen molar-refractivity contribution in [1.82, 2.24) is 10.2 Å². The molecule has 1 N–H and O–H groups in total. The quantitative estimate of drug-likeness (QED) is 0.694. The zero-order valence-corrected chi connectivity index (χ0v) is 18.9. The Hall–Kier alpha value is -2.87. The van der Waals surface area contributed by atoms with Crippen LogP contribution in [0.5, 0.6) is 0 Å². The van der Waals surface area contributed by atoms with Crippen molar-refractivity contribution >= 4 is 27.5 Å². The Morgan fingerprint density at radius 1 is 1.03 bits per heavy atom. The highest BCUT2D eigenvalue weighted by Crippen LogP contribution is 2.22. The number of sulfonamides is 1. The Bertz CT molecular complexity index is 1000. The fourth-order valence-electron chi connectivity index (χ4n) is 3.12. The van der Waals surface area contributed by atoms with Crippen LogP contribution in [0.25, 0.3) is 0 Å². The molecule has 0 saturated carbocycles. The number of aryl methyl sites for hydroxylation is 2.